The molecule has 4 aromatic rings. The van der Waals surface area contributed by atoms with Gasteiger partial charge in [-0.1, -0.05) is 47.6 Å². The van der Waals surface area contributed by atoms with E-state index in [-0.39, 0.29) is 5.82 Å². The summed E-state index contributed by atoms with van der Waals surface area (Å²) in [6, 6.07) is 27.0. The second kappa shape index (κ2) is 9.00. The van der Waals surface area contributed by atoms with E-state index in [0.29, 0.717) is 6.61 Å². The zero-order valence-electron chi connectivity index (χ0n) is 18.0. The molecule has 1 aromatic heterocycles. The van der Waals surface area contributed by atoms with E-state index in [1.807, 2.05) is 43.3 Å². The van der Waals surface area contributed by atoms with Crippen molar-refractivity contribution in [3.05, 3.63) is 113 Å². The van der Waals surface area contributed by atoms with Crippen LogP contribution >= 0.6 is 0 Å². The summed E-state index contributed by atoms with van der Waals surface area (Å²) in [7, 11) is 0. The van der Waals surface area contributed by atoms with Gasteiger partial charge in [-0.2, -0.15) is 0 Å². The molecule has 0 aliphatic heterocycles. The molecule has 0 atom stereocenters. The zero-order valence-corrected chi connectivity index (χ0v) is 18.0. The summed E-state index contributed by atoms with van der Waals surface area (Å²) in [5.74, 6) is -0.249. The van der Waals surface area contributed by atoms with Gasteiger partial charge < -0.3 is 9.40 Å². The molecule has 0 saturated carbocycles. The van der Waals surface area contributed by atoms with E-state index >= 15 is 0 Å². The van der Waals surface area contributed by atoms with Crippen LogP contribution in [0.4, 0.5) is 4.39 Å². The van der Waals surface area contributed by atoms with Crippen LogP contribution in [0.25, 0.3) is 16.9 Å². The lowest BCUT2D eigenvalue weighted by molar-refractivity contribution is 0.130. The van der Waals surface area contributed by atoms with Crippen molar-refractivity contribution in [1.82, 2.24) is 4.57 Å². The van der Waals surface area contributed by atoms with E-state index in [1.165, 1.54) is 17.7 Å². The Bertz CT molecular complexity index is 1210. The van der Waals surface area contributed by atoms with Crippen LogP contribution in [0.15, 0.2) is 90.1 Å². The van der Waals surface area contributed by atoms with Gasteiger partial charge in [0.05, 0.1) is 11.4 Å². The van der Waals surface area contributed by atoms with Crippen molar-refractivity contribution in [1.29, 1.82) is 0 Å². The quantitative estimate of drug-likeness (QED) is 0.251. The van der Waals surface area contributed by atoms with Crippen molar-refractivity contribution in [3.8, 4) is 16.9 Å². The molecule has 3 nitrogen and oxygen atoms in total. The predicted molar refractivity (Wildman–Crippen MR) is 124 cm³/mol. The molecular weight excluding hydrogens is 387 g/mol. The van der Waals surface area contributed by atoms with Crippen LogP contribution in [-0.4, -0.2) is 10.3 Å². The molecule has 0 N–H and O–H groups in total. The molecule has 0 spiro atoms. The summed E-state index contributed by atoms with van der Waals surface area (Å²) in [5, 5.41) is 4.37. The summed E-state index contributed by atoms with van der Waals surface area (Å²) < 4.78 is 15.7. The minimum atomic E-state index is -0.249. The normalized spacial score (nSPS) is 11.5. The summed E-state index contributed by atoms with van der Waals surface area (Å²) in [6.45, 7) is 6.51. The van der Waals surface area contributed by atoms with E-state index in [9.17, 15) is 4.39 Å². The zero-order chi connectivity index (χ0) is 21.8. The van der Waals surface area contributed by atoms with Crippen molar-refractivity contribution in [3.63, 3.8) is 0 Å². The Morgan fingerprint density at radius 3 is 2.35 bits per heavy atom. The van der Waals surface area contributed by atoms with Crippen LogP contribution in [0.1, 0.15) is 29.3 Å². The number of aryl methyl sites for hydroxylation is 1. The predicted octanol–water partition coefficient (Wildman–Crippen LogP) is 6.84. The maximum atomic E-state index is 13.5. The number of halogens is 1. The number of hydrogen-bond donors (Lipinski definition) is 0. The maximum Gasteiger partial charge on any atom is 0.142 e. The molecule has 0 saturated heterocycles. The average molecular weight is 413 g/mol. The fourth-order valence-corrected chi connectivity index (χ4v) is 3.73. The Kier molecular flexibility index (Phi) is 5.99. The molecule has 0 bridgehead atoms. The van der Waals surface area contributed by atoms with Gasteiger partial charge in [0.15, 0.2) is 0 Å². The van der Waals surface area contributed by atoms with Crippen LogP contribution in [0, 0.1) is 19.7 Å². The first kappa shape index (κ1) is 20.6. The standard InChI is InChI=1S/C27H25FN2O/c1-19-8-7-11-25(16-19)30-21(3)26(17-27(30)23-12-14-24(28)15-13-23)20(2)29-31-18-22-9-5-4-6-10-22/h4-17H,18H2,1-3H3/b29-20-. The fourth-order valence-electron chi connectivity index (χ4n) is 3.73. The molecule has 0 unspecified atom stereocenters. The molecule has 156 valence electrons. The van der Waals surface area contributed by atoms with E-state index in [4.69, 9.17) is 4.84 Å². The number of oxime groups is 1. The minimum Gasteiger partial charge on any atom is -0.391 e. The molecular formula is C27H25FN2O. The molecule has 0 aliphatic carbocycles. The third-order valence-electron chi connectivity index (χ3n) is 5.31. The summed E-state index contributed by atoms with van der Waals surface area (Å²) >= 11 is 0. The van der Waals surface area contributed by atoms with Crippen molar-refractivity contribution in [2.45, 2.75) is 27.4 Å². The average Bonchev–Trinajstić information content (AvgIpc) is 3.12. The lowest BCUT2D eigenvalue weighted by atomic mass is 10.1. The van der Waals surface area contributed by atoms with E-state index in [2.05, 4.69) is 47.8 Å². The Balaban J connectivity index is 1.74. The lowest BCUT2D eigenvalue weighted by Gasteiger charge is -2.13. The number of hydrogen-bond acceptors (Lipinski definition) is 2. The summed E-state index contributed by atoms with van der Waals surface area (Å²) in [5.41, 5.74) is 8.06. The molecule has 0 radical (unpaired) electrons. The van der Waals surface area contributed by atoms with Crippen molar-refractivity contribution in [2.75, 3.05) is 0 Å². The monoisotopic (exact) mass is 412 g/mol. The Morgan fingerprint density at radius 1 is 0.903 bits per heavy atom. The van der Waals surface area contributed by atoms with Crippen LogP contribution in [0.3, 0.4) is 0 Å². The Morgan fingerprint density at radius 2 is 1.65 bits per heavy atom. The molecule has 4 rings (SSSR count). The maximum absolute atomic E-state index is 13.5. The topological polar surface area (TPSA) is 26.5 Å². The number of aromatic nitrogens is 1. The Hall–Kier alpha value is -3.66. The first-order valence-electron chi connectivity index (χ1n) is 10.3. The number of benzene rings is 3. The van der Waals surface area contributed by atoms with Gasteiger partial charge in [0.2, 0.25) is 0 Å². The van der Waals surface area contributed by atoms with Crippen LogP contribution in [-0.2, 0) is 11.4 Å². The third-order valence-corrected chi connectivity index (χ3v) is 5.31. The first-order valence-corrected chi connectivity index (χ1v) is 10.3. The van der Waals surface area contributed by atoms with Crippen molar-refractivity contribution < 1.29 is 9.23 Å². The number of nitrogens with zero attached hydrogens (tertiary/aromatic N) is 2. The molecule has 0 fully saturated rings. The smallest absolute Gasteiger partial charge is 0.142 e. The minimum absolute atomic E-state index is 0.249. The van der Waals surface area contributed by atoms with Crippen molar-refractivity contribution >= 4 is 5.71 Å². The highest BCUT2D eigenvalue weighted by molar-refractivity contribution is 6.01. The van der Waals surface area contributed by atoms with Gasteiger partial charge >= 0.3 is 0 Å². The summed E-state index contributed by atoms with van der Waals surface area (Å²) in [6.07, 6.45) is 0. The Labute approximate surface area is 182 Å². The largest absolute Gasteiger partial charge is 0.391 e. The highest BCUT2D eigenvalue weighted by Crippen LogP contribution is 2.30. The molecule has 0 amide bonds. The van der Waals surface area contributed by atoms with Gasteiger partial charge in [-0.15, -0.1) is 0 Å². The van der Waals surface area contributed by atoms with Gasteiger partial charge in [0, 0.05) is 16.9 Å². The van der Waals surface area contributed by atoms with Crippen LogP contribution < -0.4 is 0 Å². The van der Waals surface area contributed by atoms with Gasteiger partial charge in [0.1, 0.15) is 12.4 Å². The lowest BCUT2D eigenvalue weighted by Crippen LogP contribution is -2.03. The van der Waals surface area contributed by atoms with E-state index in [0.717, 1.165) is 39.5 Å². The van der Waals surface area contributed by atoms with E-state index < -0.39 is 0 Å². The molecule has 0 aliphatic rings. The number of rotatable bonds is 6. The van der Waals surface area contributed by atoms with Crippen molar-refractivity contribution in [2.24, 2.45) is 5.16 Å². The van der Waals surface area contributed by atoms with Gasteiger partial charge in [-0.05, 0) is 79.9 Å². The molecule has 3 aromatic carbocycles. The fraction of sp³-hybridized carbons (Fsp3) is 0.148. The van der Waals surface area contributed by atoms with Gasteiger partial charge in [-0.3, -0.25) is 0 Å². The SMILES string of the molecule is C/C(=N/OCc1ccccc1)c1cc(-c2ccc(F)cc2)n(-c2cccc(C)c2)c1C. The van der Waals surface area contributed by atoms with Gasteiger partial charge in [-0.25, -0.2) is 4.39 Å². The highest BCUT2D eigenvalue weighted by atomic mass is 19.1. The highest BCUT2D eigenvalue weighted by Gasteiger charge is 2.17. The van der Waals surface area contributed by atoms with Crippen LogP contribution in [0.5, 0.6) is 0 Å². The first-order chi connectivity index (χ1) is 15.0. The van der Waals surface area contributed by atoms with Crippen LogP contribution in [0.2, 0.25) is 0 Å². The third kappa shape index (κ3) is 4.58. The molecule has 1 heterocycles. The second-order valence-electron chi connectivity index (χ2n) is 7.65. The second-order valence-corrected chi connectivity index (χ2v) is 7.65. The molecule has 4 heteroatoms. The molecule has 31 heavy (non-hydrogen) atoms. The van der Waals surface area contributed by atoms with Gasteiger partial charge in [0.25, 0.3) is 0 Å². The summed E-state index contributed by atoms with van der Waals surface area (Å²) in [4.78, 5) is 5.62. The van der Waals surface area contributed by atoms with E-state index in [1.54, 1.807) is 12.1 Å².